The molecule has 1 aliphatic rings. The maximum Gasteiger partial charge on any atom is 0.311 e. The predicted octanol–water partition coefficient (Wildman–Crippen LogP) is 3.81. The van der Waals surface area contributed by atoms with E-state index in [2.05, 4.69) is 12.1 Å². The van der Waals surface area contributed by atoms with Gasteiger partial charge in [-0.3, -0.25) is 9.59 Å². The number of aryl methyl sites for hydroxylation is 1. The molecule has 120 valence electrons. The van der Waals surface area contributed by atoms with Crippen molar-refractivity contribution in [1.29, 1.82) is 0 Å². The summed E-state index contributed by atoms with van der Waals surface area (Å²) in [4.78, 5) is 23.2. The molecule has 4 rings (SSSR count). The van der Waals surface area contributed by atoms with Crippen LogP contribution in [-0.2, 0) is 16.0 Å². The lowest BCUT2D eigenvalue weighted by Crippen LogP contribution is -2.32. The number of hydrogen-bond acceptors (Lipinski definition) is 2. The highest BCUT2D eigenvalue weighted by Gasteiger charge is 2.39. The number of rotatable bonds is 2. The smallest absolute Gasteiger partial charge is 0.311 e. The third kappa shape index (κ3) is 2.07. The first-order valence-corrected chi connectivity index (χ1v) is 7.97. The van der Waals surface area contributed by atoms with Crippen molar-refractivity contribution in [3.05, 3.63) is 59.7 Å². The summed E-state index contributed by atoms with van der Waals surface area (Å²) in [6.07, 6.45) is 0.941. The van der Waals surface area contributed by atoms with E-state index in [1.54, 1.807) is 6.07 Å². The van der Waals surface area contributed by atoms with Gasteiger partial charge < -0.3 is 10.2 Å². The molecule has 0 fully saturated rings. The van der Waals surface area contributed by atoms with Crippen molar-refractivity contribution in [1.82, 2.24) is 0 Å². The van der Waals surface area contributed by atoms with Crippen molar-refractivity contribution in [3.63, 3.8) is 0 Å². The number of aliphatic carboxylic acids is 2. The Bertz CT molecular complexity index is 990. The molecule has 2 unspecified atom stereocenters. The molecule has 4 heteroatoms. The summed E-state index contributed by atoms with van der Waals surface area (Å²) >= 11 is 0. The SMILES string of the molecule is O=C(O)C1CCc2c(ccc3c2ccc2ccccc23)C1C(=O)O. The average molecular weight is 320 g/mol. The second-order valence-electron chi connectivity index (χ2n) is 6.31. The third-order valence-corrected chi connectivity index (χ3v) is 5.10. The molecular formula is C20H16O4. The standard InChI is InChI=1S/C20H16O4/c21-19(22)17-10-8-15-14-6-5-11-3-1-2-4-12(11)13(14)7-9-16(15)18(17)20(23)24/h1-7,9,17-18H,8,10H2,(H,21,22)(H,23,24). The minimum Gasteiger partial charge on any atom is -0.481 e. The van der Waals surface area contributed by atoms with Crippen LogP contribution in [0, 0.1) is 5.92 Å². The summed E-state index contributed by atoms with van der Waals surface area (Å²) in [6.45, 7) is 0. The quantitative estimate of drug-likeness (QED) is 0.704. The van der Waals surface area contributed by atoms with Crippen molar-refractivity contribution in [2.45, 2.75) is 18.8 Å². The van der Waals surface area contributed by atoms with Crippen LogP contribution in [0.25, 0.3) is 21.5 Å². The molecule has 0 amide bonds. The lowest BCUT2D eigenvalue weighted by molar-refractivity contribution is -0.150. The second-order valence-corrected chi connectivity index (χ2v) is 6.31. The fraction of sp³-hybridized carbons (Fsp3) is 0.200. The molecule has 0 aromatic heterocycles. The van der Waals surface area contributed by atoms with Crippen LogP contribution >= 0.6 is 0 Å². The highest BCUT2D eigenvalue weighted by atomic mass is 16.4. The number of carboxylic acid groups (broad SMARTS) is 2. The summed E-state index contributed by atoms with van der Waals surface area (Å²) in [6, 6.07) is 15.9. The Morgan fingerprint density at radius 2 is 1.58 bits per heavy atom. The molecule has 2 N–H and O–H groups in total. The van der Waals surface area contributed by atoms with Crippen LogP contribution in [0.1, 0.15) is 23.5 Å². The van der Waals surface area contributed by atoms with E-state index in [0.29, 0.717) is 18.4 Å². The van der Waals surface area contributed by atoms with Crippen LogP contribution in [-0.4, -0.2) is 22.2 Å². The normalized spacial score (nSPS) is 20.0. The topological polar surface area (TPSA) is 74.6 Å². The molecule has 24 heavy (non-hydrogen) atoms. The number of hydrogen-bond donors (Lipinski definition) is 2. The van der Waals surface area contributed by atoms with Crippen LogP contribution in [0.5, 0.6) is 0 Å². The minimum atomic E-state index is -1.07. The summed E-state index contributed by atoms with van der Waals surface area (Å²) < 4.78 is 0. The first-order valence-electron chi connectivity index (χ1n) is 7.97. The Hall–Kier alpha value is -2.88. The van der Waals surface area contributed by atoms with Gasteiger partial charge in [0.15, 0.2) is 0 Å². The Kier molecular flexibility index (Phi) is 3.27. The van der Waals surface area contributed by atoms with Gasteiger partial charge >= 0.3 is 11.9 Å². The van der Waals surface area contributed by atoms with Gasteiger partial charge in [0.1, 0.15) is 0 Å². The zero-order chi connectivity index (χ0) is 16.8. The van der Waals surface area contributed by atoms with Gasteiger partial charge in [-0.25, -0.2) is 0 Å². The van der Waals surface area contributed by atoms with E-state index < -0.39 is 23.8 Å². The van der Waals surface area contributed by atoms with Crippen molar-refractivity contribution in [3.8, 4) is 0 Å². The summed E-state index contributed by atoms with van der Waals surface area (Å²) in [5, 5.41) is 23.3. The molecule has 0 saturated carbocycles. The summed E-state index contributed by atoms with van der Waals surface area (Å²) in [7, 11) is 0. The van der Waals surface area contributed by atoms with Gasteiger partial charge in [-0.05, 0) is 45.5 Å². The van der Waals surface area contributed by atoms with E-state index in [1.165, 1.54) is 0 Å². The van der Waals surface area contributed by atoms with Gasteiger partial charge in [0, 0.05) is 0 Å². The molecule has 0 bridgehead atoms. The average Bonchev–Trinajstić information content (AvgIpc) is 2.59. The molecule has 0 aliphatic heterocycles. The van der Waals surface area contributed by atoms with Gasteiger partial charge in [0.05, 0.1) is 11.8 Å². The van der Waals surface area contributed by atoms with Gasteiger partial charge in [-0.1, -0.05) is 48.5 Å². The number of fused-ring (bicyclic) bond motifs is 5. The fourth-order valence-electron chi connectivity index (χ4n) is 3.99. The van der Waals surface area contributed by atoms with E-state index in [1.807, 2.05) is 30.3 Å². The fourth-order valence-corrected chi connectivity index (χ4v) is 3.99. The van der Waals surface area contributed by atoms with Crippen LogP contribution in [0.3, 0.4) is 0 Å². The Morgan fingerprint density at radius 3 is 2.33 bits per heavy atom. The molecule has 2 atom stereocenters. The van der Waals surface area contributed by atoms with Crippen molar-refractivity contribution in [2.75, 3.05) is 0 Å². The van der Waals surface area contributed by atoms with Crippen molar-refractivity contribution < 1.29 is 19.8 Å². The van der Waals surface area contributed by atoms with Crippen molar-refractivity contribution >= 4 is 33.5 Å². The zero-order valence-electron chi connectivity index (χ0n) is 12.9. The second kappa shape index (κ2) is 5.34. The van der Waals surface area contributed by atoms with E-state index in [0.717, 1.165) is 27.1 Å². The molecule has 0 radical (unpaired) electrons. The van der Waals surface area contributed by atoms with Gasteiger partial charge in [0.2, 0.25) is 0 Å². The van der Waals surface area contributed by atoms with E-state index >= 15 is 0 Å². The third-order valence-electron chi connectivity index (χ3n) is 5.10. The van der Waals surface area contributed by atoms with Crippen LogP contribution in [0.4, 0.5) is 0 Å². The molecular weight excluding hydrogens is 304 g/mol. The monoisotopic (exact) mass is 320 g/mol. The highest BCUT2D eigenvalue weighted by molar-refractivity contribution is 6.09. The lowest BCUT2D eigenvalue weighted by Gasteiger charge is -2.29. The number of benzene rings is 3. The van der Waals surface area contributed by atoms with Gasteiger partial charge in [0.25, 0.3) is 0 Å². The highest BCUT2D eigenvalue weighted by Crippen LogP contribution is 2.41. The molecule has 0 heterocycles. The summed E-state index contributed by atoms with van der Waals surface area (Å²) in [5.41, 5.74) is 1.62. The molecule has 0 saturated heterocycles. The predicted molar refractivity (Wildman–Crippen MR) is 91.3 cm³/mol. The van der Waals surface area contributed by atoms with E-state index in [-0.39, 0.29) is 0 Å². The zero-order valence-corrected chi connectivity index (χ0v) is 12.9. The van der Waals surface area contributed by atoms with Crippen LogP contribution < -0.4 is 0 Å². The van der Waals surface area contributed by atoms with Crippen LogP contribution in [0.15, 0.2) is 48.5 Å². The van der Waals surface area contributed by atoms with Gasteiger partial charge in [-0.15, -0.1) is 0 Å². The minimum absolute atomic E-state index is 0.352. The molecule has 3 aromatic rings. The molecule has 0 spiro atoms. The maximum absolute atomic E-state index is 11.7. The van der Waals surface area contributed by atoms with E-state index in [9.17, 15) is 19.8 Å². The Labute approximate surface area is 138 Å². The first kappa shape index (κ1) is 14.7. The molecule has 3 aromatic carbocycles. The molecule has 1 aliphatic carbocycles. The van der Waals surface area contributed by atoms with Gasteiger partial charge in [-0.2, -0.15) is 0 Å². The van der Waals surface area contributed by atoms with E-state index in [4.69, 9.17) is 0 Å². The largest absolute Gasteiger partial charge is 0.481 e. The Balaban J connectivity index is 2.00. The number of carbonyl (C=O) groups is 2. The summed E-state index contributed by atoms with van der Waals surface area (Å²) in [5.74, 6) is -3.95. The number of carboxylic acids is 2. The van der Waals surface area contributed by atoms with Crippen molar-refractivity contribution in [2.24, 2.45) is 5.92 Å². The Morgan fingerprint density at radius 1 is 0.833 bits per heavy atom. The van der Waals surface area contributed by atoms with Crippen LogP contribution in [0.2, 0.25) is 0 Å². The lowest BCUT2D eigenvalue weighted by atomic mass is 9.73. The maximum atomic E-state index is 11.7. The molecule has 4 nitrogen and oxygen atoms in total. The first-order chi connectivity index (χ1) is 11.6.